The SMILES string of the molecule is O=C(Nc1cccc(CSc2ccccn2)c1)c1cc([N+](=O)[O-])ccc1Cl. The van der Waals surface area contributed by atoms with Gasteiger partial charge in [-0.25, -0.2) is 4.98 Å². The second-order valence-corrected chi connectivity index (χ2v) is 6.94. The van der Waals surface area contributed by atoms with E-state index in [1.165, 1.54) is 18.2 Å². The molecule has 0 atom stereocenters. The molecule has 0 bridgehead atoms. The first kappa shape index (κ1) is 18.9. The van der Waals surface area contributed by atoms with E-state index in [4.69, 9.17) is 11.6 Å². The standard InChI is InChI=1S/C19H14ClN3O3S/c20-17-8-7-15(23(25)26)11-16(17)19(24)22-14-5-3-4-13(10-14)12-27-18-6-1-2-9-21-18/h1-11H,12H2,(H,22,24). The van der Waals surface area contributed by atoms with Crippen molar-refractivity contribution in [1.82, 2.24) is 4.98 Å². The highest BCUT2D eigenvalue weighted by molar-refractivity contribution is 7.98. The summed E-state index contributed by atoms with van der Waals surface area (Å²) in [6, 6.07) is 16.9. The van der Waals surface area contributed by atoms with Gasteiger partial charge >= 0.3 is 0 Å². The molecule has 0 aliphatic rings. The Morgan fingerprint density at radius 3 is 2.74 bits per heavy atom. The maximum atomic E-state index is 12.5. The van der Waals surface area contributed by atoms with E-state index in [1.807, 2.05) is 36.4 Å². The lowest BCUT2D eigenvalue weighted by Crippen LogP contribution is -2.13. The number of aromatic nitrogens is 1. The highest BCUT2D eigenvalue weighted by atomic mass is 35.5. The quantitative estimate of drug-likeness (QED) is 0.350. The fourth-order valence-electron chi connectivity index (χ4n) is 2.33. The minimum absolute atomic E-state index is 0.0548. The number of halogens is 1. The third-order valence-electron chi connectivity index (χ3n) is 3.61. The number of hydrogen-bond donors (Lipinski definition) is 1. The molecule has 0 saturated carbocycles. The molecule has 27 heavy (non-hydrogen) atoms. The molecule has 2 aromatic carbocycles. The molecule has 8 heteroatoms. The highest BCUT2D eigenvalue weighted by Crippen LogP contribution is 2.25. The summed E-state index contributed by atoms with van der Waals surface area (Å²) in [4.78, 5) is 27.1. The Balaban J connectivity index is 1.71. The zero-order valence-corrected chi connectivity index (χ0v) is 15.5. The number of anilines is 1. The van der Waals surface area contributed by atoms with Crippen LogP contribution >= 0.6 is 23.4 Å². The number of nitrogens with one attached hydrogen (secondary N) is 1. The summed E-state index contributed by atoms with van der Waals surface area (Å²) in [5.41, 5.74) is 1.46. The minimum Gasteiger partial charge on any atom is -0.322 e. The van der Waals surface area contributed by atoms with Crippen LogP contribution in [0.3, 0.4) is 0 Å². The summed E-state index contributed by atoms with van der Waals surface area (Å²) in [6.45, 7) is 0. The number of hydrogen-bond acceptors (Lipinski definition) is 5. The topological polar surface area (TPSA) is 85.1 Å². The summed E-state index contributed by atoms with van der Waals surface area (Å²) < 4.78 is 0. The van der Waals surface area contributed by atoms with Crippen LogP contribution in [-0.4, -0.2) is 15.8 Å². The van der Waals surface area contributed by atoms with Gasteiger partial charge in [0.05, 0.1) is 20.5 Å². The zero-order chi connectivity index (χ0) is 19.2. The van der Waals surface area contributed by atoms with E-state index in [2.05, 4.69) is 10.3 Å². The van der Waals surface area contributed by atoms with Crippen LogP contribution in [0, 0.1) is 10.1 Å². The first-order chi connectivity index (χ1) is 13.0. The van der Waals surface area contributed by atoms with Gasteiger partial charge in [-0.05, 0) is 35.9 Å². The van der Waals surface area contributed by atoms with Crippen LogP contribution in [0.2, 0.25) is 5.02 Å². The van der Waals surface area contributed by atoms with E-state index in [-0.39, 0.29) is 16.3 Å². The number of non-ortho nitro benzene ring substituents is 1. The van der Waals surface area contributed by atoms with Crippen LogP contribution in [0.4, 0.5) is 11.4 Å². The van der Waals surface area contributed by atoms with Crippen LogP contribution in [0.5, 0.6) is 0 Å². The fraction of sp³-hybridized carbons (Fsp3) is 0.0526. The summed E-state index contributed by atoms with van der Waals surface area (Å²) in [5.74, 6) is 0.191. The van der Waals surface area contributed by atoms with Gasteiger partial charge in [-0.1, -0.05) is 29.8 Å². The van der Waals surface area contributed by atoms with E-state index in [0.29, 0.717) is 11.4 Å². The Kier molecular flexibility index (Phi) is 6.05. The number of rotatable bonds is 6. The summed E-state index contributed by atoms with van der Waals surface area (Å²) in [7, 11) is 0. The Bertz CT molecular complexity index is 983. The van der Waals surface area contributed by atoms with Crippen molar-refractivity contribution in [1.29, 1.82) is 0 Å². The number of carbonyl (C=O) groups excluding carboxylic acids is 1. The Labute approximate surface area is 164 Å². The Morgan fingerprint density at radius 2 is 2.00 bits per heavy atom. The Morgan fingerprint density at radius 1 is 1.15 bits per heavy atom. The van der Waals surface area contributed by atoms with Crippen molar-refractivity contribution in [3.8, 4) is 0 Å². The van der Waals surface area contributed by atoms with Crippen molar-refractivity contribution >= 4 is 40.6 Å². The molecule has 0 spiro atoms. The average molecular weight is 400 g/mol. The molecular weight excluding hydrogens is 386 g/mol. The van der Waals surface area contributed by atoms with Gasteiger partial charge in [-0.15, -0.1) is 11.8 Å². The first-order valence-electron chi connectivity index (χ1n) is 7.91. The zero-order valence-electron chi connectivity index (χ0n) is 14.0. The lowest BCUT2D eigenvalue weighted by atomic mass is 10.1. The second-order valence-electron chi connectivity index (χ2n) is 5.53. The molecule has 1 heterocycles. The van der Waals surface area contributed by atoms with Gasteiger partial charge in [0, 0.05) is 29.8 Å². The van der Waals surface area contributed by atoms with Crippen LogP contribution < -0.4 is 5.32 Å². The lowest BCUT2D eigenvalue weighted by Gasteiger charge is -2.08. The number of benzene rings is 2. The average Bonchev–Trinajstić information content (AvgIpc) is 2.67. The summed E-state index contributed by atoms with van der Waals surface area (Å²) >= 11 is 7.60. The van der Waals surface area contributed by atoms with Crippen molar-refractivity contribution in [3.05, 3.63) is 93.1 Å². The molecule has 0 aliphatic heterocycles. The van der Waals surface area contributed by atoms with E-state index in [0.717, 1.165) is 10.6 Å². The van der Waals surface area contributed by atoms with Crippen LogP contribution in [-0.2, 0) is 5.75 Å². The first-order valence-corrected chi connectivity index (χ1v) is 9.27. The monoisotopic (exact) mass is 399 g/mol. The smallest absolute Gasteiger partial charge is 0.270 e. The van der Waals surface area contributed by atoms with Gasteiger partial charge < -0.3 is 5.32 Å². The molecule has 0 fully saturated rings. The largest absolute Gasteiger partial charge is 0.322 e. The predicted octanol–water partition coefficient (Wildman–Crippen LogP) is 5.19. The second kappa shape index (κ2) is 8.66. The third kappa shape index (κ3) is 5.06. The highest BCUT2D eigenvalue weighted by Gasteiger charge is 2.16. The Hall–Kier alpha value is -2.90. The van der Waals surface area contributed by atoms with Crippen molar-refractivity contribution in [2.75, 3.05) is 5.32 Å². The van der Waals surface area contributed by atoms with Gasteiger partial charge in [-0.2, -0.15) is 0 Å². The maximum Gasteiger partial charge on any atom is 0.270 e. The van der Waals surface area contributed by atoms with Crippen molar-refractivity contribution in [2.45, 2.75) is 10.8 Å². The van der Waals surface area contributed by atoms with Gasteiger partial charge in [-0.3, -0.25) is 14.9 Å². The number of thioether (sulfide) groups is 1. The molecule has 0 radical (unpaired) electrons. The van der Waals surface area contributed by atoms with Gasteiger partial charge in [0.1, 0.15) is 0 Å². The molecule has 3 aromatic rings. The molecule has 136 valence electrons. The number of pyridine rings is 1. The maximum absolute atomic E-state index is 12.5. The molecule has 0 unspecified atom stereocenters. The number of nitro benzene ring substituents is 1. The number of carbonyl (C=O) groups is 1. The number of nitro groups is 1. The molecular formula is C19H14ClN3O3S. The predicted molar refractivity (Wildman–Crippen MR) is 106 cm³/mol. The molecule has 1 amide bonds. The van der Waals surface area contributed by atoms with E-state index < -0.39 is 10.8 Å². The number of nitrogens with zero attached hydrogens (tertiary/aromatic N) is 2. The van der Waals surface area contributed by atoms with Gasteiger partial charge in [0.2, 0.25) is 0 Å². The molecule has 1 aromatic heterocycles. The molecule has 0 saturated heterocycles. The van der Waals surface area contributed by atoms with E-state index >= 15 is 0 Å². The van der Waals surface area contributed by atoms with Crippen molar-refractivity contribution in [2.24, 2.45) is 0 Å². The van der Waals surface area contributed by atoms with Crippen molar-refractivity contribution < 1.29 is 9.72 Å². The lowest BCUT2D eigenvalue weighted by molar-refractivity contribution is -0.384. The summed E-state index contributed by atoms with van der Waals surface area (Å²) in [5, 5.41) is 14.7. The van der Waals surface area contributed by atoms with Crippen LogP contribution in [0.15, 0.2) is 71.9 Å². The van der Waals surface area contributed by atoms with E-state index in [9.17, 15) is 14.9 Å². The molecule has 0 aliphatic carbocycles. The van der Waals surface area contributed by atoms with Gasteiger partial charge in [0.25, 0.3) is 11.6 Å². The third-order valence-corrected chi connectivity index (χ3v) is 4.96. The molecule has 6 nitrogen and oxygen atoms in total. The number of amides is 1. The van der Waals surface area contributed by atoms with Crippen LogP contribution in [0.1, 0.15) is 15.9 Å². The van der Waals surface area contributed by atoms with Crippen LogP contribution in [0.25, 0.3) is 0 Å². The van der Waals surface area contributed by atoms with Gasteiger partial charge in [0.15, 0.2) is 0 Å². The normalized spacial score (nSPS) is 10.4. The summed E-state index contributed by atoms with van der Waals surface area (Å²) in [6.07, 6.45) is 1.74. The van der Waals surface area contributed by atoms with E-state index in [1.54, 1.807) is 24.0 Å². The minimum atomic E-state index is -0.567. The molecule has 1 N–H and O–H groups in total. The fourth-order valence-corrected chi connectivity index (χ4v) is 3.34. The molecule has 3 rings (SSSR count). The van der Waals surface area contributed by atoms with Crippen molar-refractivity contribution in [3.63, 3.8) is 0 Å².